The normalized spacial score (nSPS) is 17.0. The van der Waals surface area contributed by atoms with E-state index in [1.807, 2.05) is 38.4 Å². The van der Waals surface area contributed by atoms with Crippen molar-refractivity contribution in [3.63, 3.8) is 0 Å². The van der Waals surface area contributed by atoms with E-state index in [4.69, 9.17) is 9.47 Å². The minimum absolute atomic E-state index is 0.154. The largest absolute Gasteiger partial charge is 0.428 e. The Balaban J connectivity index is 1.64. The first-order valence-corrected chi connectivity index (χ1v) is 8.84. The van der Waals surface area contributed by atoms with Crippen LogP contribution < -0.4 is 5.32 Å². The van der Waals surface area contributed by atoms with Gasteiger partial charge in [0.25, 0.3) is 0 Å². The number of hydrogen-bond acceptors (Lipinski definition) is 6. The Labute approximate surface area is 152 Å². The molecule has 0 amide bonds. The maximum atomic E-state index is 12.4. The van der Waals surface area contributed by atoms with Crippen molar-refractivity contribution in [2.24, 2.45) is 5.92 Å². The highest BCUT2D eigenvalue weighted by atomic mass is 16.7. The second-order valence-electron chi connectivity index (χ2n) is 6.78. The lowest BCUT2D eigenvalue weighted by Gasteiger charge is -2.10. The van der Waals surface area contributed by atoms with Crippen LogP contribution in [0.25, 0.3) is 10.9 Å². The first-order valence-electron chi connectivity index (χ1n) is 8.84. The van der Waals surface area contributed by atoms with Crippen LogP contribution in [0.4, 0.5) is 4.79 Å². The molecule has 7 nitrogen and oxygen atoms in total. The fourth-order valence-corrected chi connectivity index (χ4v) is 3.13. The predicted octanol–water partition coefficient (Wildman–Crippen LogP) is 1.84. The predicted molar refractivity (Wildman–Crippen MR) is 98.0 cm³/mol. The summed E-state index contributed by atoms with van der Waals surface area (Å²) in [5.41, 5.74) is 1.87. The zero-order valence-electron chi connectivity index (χ0n) is 15.2. The number of para-hydroxylation sites is 1. The number of aromatic nitrogens is 1. The summed E-state index contributed by atoms with van der Waals surface area (Å²) < 4.78 is 11.7. The van der Waals surface area contributed by atoms with Crippen LogP contribution in [0.3, 0.4) is 0 Å². The van der Waals surface area contributed by atoms with Crippen LogP contribution in [0.1, 0.15) is 12.0 Å². The van der Waals surface area contributed by atoms with Gasteiger partial charge in [-0.15, -0.1) is 0 Å². The molecule has 2 heterocycles. The molecule has 0 radical (unpaired) electrons. The quantitative estimate of drug-likeness (QED) is 0.627. The van der Waals surface area contributed by atoms with Crippen molar-refractivity contribution in [2.45, 2.75) is 12.8 Å². The summed E-state index contributed by atoms with van der Waals surface area (Å²) in [5.74, 6) is -0.481. The van der Waals surface area contributed by atoms with Gasteiger partial charge in [-0.1, -0.05) is 18.2 Å². The Morgan fingerprint density at radius 2 is 2.08 bits per heavy atom. The maximum Gasteiger partial charge on any atom is 0.421 e. The lowest BCUT2D eigenvalue weighted by Crippen LogP contribution is -2.23. The standard InChI is InChI=1S/C19H25N3O4/c1-21(2)10-8-15-12-22(17-6-4-3-5-16(15)17)19(24)26-13-25-18(23)14-7-9-20-11-14/h3-6,12,14,20H,7-11,13H2,1-2H3/t14-/m0/s1. The molecule has 0 saturated carbocycles. The number of carbonyl (C=O) groups is 2. The van der Waals surface area contributed by atoms with E-state index in [0.29, 0.717) is 6.54 Å². The van der Waals surface area contributed by atoms with Gasteiger partial charge in [0.2, 0.25) is 6.79 Å². The molecule has 7 heteroatoms. The van der Waals surface area contributed by atoms with Crippen LogP contribution in [-0.2, 0) is 20.7 Å². The molecule has 1 aromatic carbocycles. The van der Waals surface area contributed by atoms with Gasteiger partial charge in [0.05, 0.1) is 11.4 Å². The third-order valence-electron chi connectivity index (χ3n) is 4.60. The van der Waals surface area contributed by atoms with Gasteiger partial charge in [-0.2, -0.15) is 0 Å². The lowest BCUT2D eigenvalue weighted by atomic mass is 10.1. The highest BCUT2D eigenvalue weighted by Gasteiger charge is 2.24. The lowest BCUT2D eigenvalue weighted by molar-refractivity contribution is -0.156. The van der Waals surface area contributed by atoms with Crippen LogP contribution in [-0.4, -0.2) is 62.1 Å². The number of benzene rings is 1. The summed E-state index contributed by atoms with van der Waals surface area (Å²) in [7, 11) is 4.03. The van der Waals surface area contributed by atoms with Crippen LogP contribution in [0.5, 0.6) is 0 Å². The van der Waals surface area contributed by atoms with E-state index in [1.165, 1.54) is 4.57 Å². The number of nitrogens with one attached hydrogen (secondary N) is 1. The molecule has 2 aromatic rings. The van der Waals surface area contributed by atoms with E-state index < -0.39 is 6.09 Å². The van der Waals surface area contributed by atoms with Gasteiger partial charge in [-0.25, -0.2) is 4.79 Å². The van der Waals surface area contributed by atoms with Crippen LogP contribution in [0.15, 0.2) is 30.5 Å². The summed E-state index contributed by atoms with van der Waals surface area (Å²) in [6.07, 6.45) is 2.84. The Hall–Kier alpha value is -2.38. The third-order valence-corrected chi connectivity index (χ3v) is 4.60. The van der Waals surface area contributed by atoms with Gasteiger partial charge in [-0.05, 0) is 45.1 Å². The number of ether oxygens (including phenoxy) is 2. The number of fused-ring (bicyclic) bond motifs is 1. The van der Waals surface area contributed by atoms with Crippen molar-refractivity contribution in [3.05, 3.63) is 36.0 Å². The maximum absolute atomic E-state index is 12.4. The van der Waals surface area contributed by atoms with Gasteiger partial charge < -0.3 is 19.7 Å². The van der Waals surface area contributed by atoms with Crippen LogP contribution >= 0.6 is 0 Å². The van der Waals surface area contributed by atoms with E-state index in [9.17, 15) is 9.59 Å². The minimum Gasteiger partial charge on any atom is -0.428 e. The molecule has 0 bridgehead atoms. The van der Waals surface area contributed by atoms with Crippen LogP contribution in [0, 0.1) is 5.92 Å². The van der Waals surface area contributed by atoms with E-state index >= 15 is 0 Å². The highest BCUT2D eigenvalue weighted by Crippen LogP contribution is 2.22. The van der Waals surface area contributed by atoms with Gasteiger partial charge in [-0.3, -0.25) is 9.36 Å². The highest BCUT2D eigenvalue weighted by molar-refractivity contribution is 5.92. The fourth-order valence-electron chi connectivity index (χ4n) is 3.13. The van der Waals surface area contributed by atoms with E-state index in [2.05, 4.69) is 10.2 Å². The number of carbonyl (C=O) groups excluding carboxylic acids is 2. The topological polar surface area (TPSA) is 72.8 Å². The smallest absolute Gasteiger partial charge is 0.421 e. The Kier molecular flexibility index (Phi) is 5.90. The Morgan fingerprint density at radius 1 is 1.27 bits per heavy atom. The Bertz CT molecular complexity index is 778. The number of hydrogen-bond donors (Lipinski definition) is 1. The summed E-state index contributed by atoms with van der Waals surface area (Å²) in [4.78, 5) is 26.4. The zero-order chi connectivity index (χ0) is 18.5. The summed E-state index contributed by atoms with van der Waals surface area (Å²) >= 11 is 0. The fraction of sp³-hybridized carbons (Fsp3) is 0.474. The van der Waals surface area contributed by atoms with Crippen molar-refractivity contribution in [1.29, 1.82) is 0 Å². The zero-order valence-corrected chi connectivity index (χ0v) is 15.2. The number of rotatable bonds is 6. The average Bonchev–Trinajstić information content (AvgIpc) is 3.28. The SMILES string of the molecule is CN(C)CCc1cn(C(=O)OCOC(=O)[C@H]2CCNC2)c2ccccc12. The van der Waals surface area contributed by atoms with Gasteiger partial charge in [0, 0.05) is 24.7 Å². The summed E-state index contributed by atoms with van der Waals surface area (Å²) in [6.45, 7) is 1.94. The third kappa shape index (κ3) is 4.23. The van der Waals surface area contributed by atoms with Crippen molar-refractivity contribution >= 4 is 23.0 Å². The molecule has 26 heavy (non-hydrogen) atoms. The van der Waals surface area contributed by atoms with E-state index in [-0.39, 0.29) is 18.7 Å². The number of nitrogens with zero attached hydrogens (tertiary/aromatic N) is 2. The van der Waals surface area contributed by atoms with E-state index in [0.717, 1.165) is 42.4 Å². The molecular weight excluding hydrogens is 334 g/mol. The van der Waals surface area contributed by atoms with Crippen molar-refractivity contribution in [2.75, 3.05) is 40.5 Å². The number of likely N-dealkylation sites (N-methyl/N-ethyl adjacent to an activating group) is 1. The first-order chi connectivity index (χ1) is 12.6. The molecule has 3 rings (SSSR count). The van der Waals surface area contributed by atoms with Gasteiger partial charge in [0.15, 0.2) is 0 Å². The number of esters is 1. The molecule has 1 aliphatic rings. The molecule has 1 N–H and O–H groups in total. The molecule has 0 aliphatic carbocycles. The van der Waals surface area contributed by atoms with Crippen molar-refractivity contribution in [1.82, 2.24) is 14.8 Å². The van der Waals surface area contributed by atoms with Crippen LogP contribution in [0.2, 0.25) is 0 Å². The average molecular weight is 359 g/mol. The molecule has 1 atom stereocenters. The first kappa shape index (κ1) is 18.4. The monoisotopic (exact) mass is 359 g/mol. The molecule has 1 aromatic heterocycles. The molecule has 0 unspecified atom stereocenters. The van der Waals surface area contributed by atoms with Crippen molar-refractivity contribution < 1.29 is 19.1 Å². The Morgan fingerprint density at radius 3 is 2.81 bits per heavy atom. The molecule has 1 fully saturated rings. The molecule has 1 saturated heterocycles. The summed E-state index contributed by atoms with van der Waals surface area (Å²) in [6, 6.07) is 7.72. The van der Waals surface area contributed by atoms with E-state index in [1.54, 1.807) is 6.20 Å². The summed E-state index contributed by atoms with van der Waals surface area (Å²) in [5, 5.41) is 4.13. The second-order valence-corrected chi connectivity index (χ2v) is 6.78. The molecule has 0 spiro atoms. The molecule has 140 valence electrons. The second kappa shape index (κ2) is 8.33. The van der Waals surface area contributed by atoms with Crippen molar-refractivity contribution in [3.8, 4) is 0 Å². The molecule has 1 aliphatic heterocycles. The minimum atomic E-state index is -0.547. The van der Waals surface area contributed by atoms with Gasteiger partial charge >= 0.3 is 12.1 Å². The molecular formula is C19H25N3O4. The van der Waals surface area contributed by atoms with Gasteiger partial charge in [0.1, 0.15) is 0 Å².